The highest BCUT2D eigenvalue weighted by Crippen LogP contribution is 2.40. The summed E-state index contributed by atoms with van der Waals surface area (Å²) in [5, 5.41) is 23.5. The third-order valence-electron chi connectivity index (χ3n) is 15.5. The van der Waals surface area contributed by atoms with E-state index < -0.39 is 65.7 Å². The normalized spacial score (nSPS) is 38.8. The Labute approximate surface area is 397 Å². The van der Waals surface area contributed by atoms with Gasteiger partial charge in [0.05, 0.1) is 24.4 Å². The van der Waals surface area contributed by atoms with Gasteiger partial charge in [-0.2, -0.15) is 0 Å². The maximum absolute atomic E-state index is 14.5. The maximum Gasteiger partial charge on any atom is 0.329 e. The van der Waals surface area contributed by atoms with Crippen LogP contribution in [-0.2, 0) is 42.9 Å². The third-order valence-corrected chi connectivity index (χ3v) is 15.5. The summed E-state index contributed by atoms with van der Waals surface area (Å²) in [4.78, 5) is 58.5. The van der Waals surface area contributed by atoms with E-state index in [1.807, 2.05) is 45.1 Å². The number of allylic oxidation sites excluding steroid dienone is 6. The minimum atomic E-state index is -2.39. The van der Waals surface area contributed by atoms with Crippen LogP contribution in [0.2, 0.25) is 0 Å². The van der Waals surface area contributed by atoms with Crippen LogP contribution in [0.5, 0.6) is 0 Å². The Balaban J connectivity index is 1.68. The van der Waals surface area contributed by atoms with E-state index in [2.05, 4.69) is 33.8 Å². The van der Waals surface area contributed by atoms with Crippen LogP contribution >= 0.6 is 0 Å². The molecule has 1 saturated carbocycles. The quantitative estimate of drug-likeness (QED) is 0.143. The molecule has 2 saturated heterocycles. The molecule has 374 valence electrons. The number of carbonyl (C=O) groups excluding carboxylic acids is 4. The fourth-order valence-electron chi connectivity index (χ4n) is 11.1. The van der Waals surface area contributed by atoms with Gasteiger partial charge < -0.3 is 38.8 Å². The molecule has 0 spiro atoms. The summed E-state index contributed by atoms with van der Waals surface area (Å²) in [7, 11) is 4.99. The number of aliphatic hydroxyl groups excluding tert-OH is 1. The molecule has 2 N–H and O–H groups in total. The lowest BCUT2D eigenvalue weighted by Gasteiger charge is -2.42. The monoisotopic (exact) mass is 926 g/mol. The fraction of sp³-hybridized carbons (Fsp3) is 0.778. The number of Topliss-reactive ketones (excluding diaryl/α,β-unsaturated/α-hetero) is 2. The molecule has 0 unspecified atom stereocenters. The molecule has 66 heavy (non-hydrogen) atoms. The molecule has 12 heteroatoms. The van der Waals surface area contributed by atoms with Crippen LogP contribution in [0.4, 0.5) is 0 Å². The summed E-state index contributed by atoms with van der Waals surface area (Å²) < 4.78 is 30.3. The van der Waals surface area contributed by atoms with Crippen LogP contribution in [0.25, 0.3) is 0 Å². The van der Waals surface area contributed by atoms with Crippen LogP contribution in [0.3, 0.4) is 0 Å². The predicted octanol–water partition coefficient (Wildman–Crippen LogP) is 8.91. The number of aliphatic hydroxyl groups is 2. The Morgan fingerprint density at radius 2 is 1.53 bits per heavy atom. The minimum Gasteiger partial charge on any atom is -0.460 e. The number of esters is 1. The van der Waals surface area contributed by atoms with E-state index in [-0.39, 0.29) is 55.1 Å². The molecule has 1 amide bonds. The van der Waals surface area contributed by atoms with E-state index in [9.17, 15) is 29.4 Å². The van der Waals surface area contributed by atoms with Gasteiger partial charge in [0, 0.05) is 52.6 Å². The summed E-state index contributed by atoms with van der Waals surface area (Å²) in [5.41, 5.74) is 1.57. The highest BCUT2D eigenvalue weighted by molar-refractivity contribution is 6.39. The molecule has 0 aromatic heterocycles. The fourth-order valence-corrected chi connectivity index (χ4v) is 11.1. The van der Waals surface area contributed by atoms with Gasteiger partial charge in [-0.1, -0.05) is 84.9 Å². The minimum absolute atomic E-state index is 0.0580. The molecule has 0 aromatic carbocycles. The first-order chi connectivity index (χ1) is 31.2. The van der Waals surface area contributed by atoms with E-state index in [1.54, 1.807) is 41.3 Å². The van der Waals surface area contributed by atoms with E-state index in [0.29, 0.717) is 68.3 Å². The first-order valence-electron chi connectivity index (χ1n) is 25.2. The van der Waals surface area contributed by atoms with Crippen molar-refractivity contribution in [1.29, 1.82) is 0 Å². The van der Waals surface area contributed by atoms with Gasteiger partial charge >= 0.3 is 5.97 Å². The van der Waals surface area contributed by atoms with Gasteiger partial charge in [0.2, 0.25) is 5.79 Å². The number of rotatable bonds is 7. The van der Waals surface area contributed by atoms with Crippen molar-refractivity contribution >= 4 is 23.4 Å². The van der Waals surface area contributed by atoms with Crippen molar-refractivity contribution in [3.63, 3.8) is 0 Å². The molecule has 3 heterocycles. The molecule has 3 aliphatic heterocycles. The number of piperidine rings is 1. The molecule has 4 aliphatic rings. The Kier molecular flexibility index (Phi) is 22.0. The van der Waals surface area contributed by atoms with E-state index in [4.69, 9.17) is 23.7 Å². The standard InChI is InChI=1S/C54H87NO11/c1-33(2)43-24-22-41(30-48(43)63-11)29-38(7)47-32-45(56)37(6)28-39(8)50(57)49(64-12)27-35(4)26-34(3)18-14-13-15-19-36(5)46(62-10)31-42-23-21-40(9)54(61,66-42)51(58)52(59)55-25-17-16-20-44(55)53(60)65-47/h13-15,18-19,28,33-35,37-38,40-44,46-50,57,61H,16-17,20-27,29-32H2,1-12H3/b15-13?,18-14+,36-19?,39-28+/t34-,35-,37-,38-,40-,41+,42+,43+,44+,46+,47+,48-,49+,50-,54-/m1/s1. The first-order valence-corrected chi connectivity index (χ1v) is 25.2. The summed E-state index contributed by atoms with van der Waals surface area (Å²) in [6.07, 6.45) is 16.8. The molecule has 2 bridgehead atoms. The highest BCUT2D eigenvalue weighted by atomic mass is 16.6. The zero-order valence-corrected chi connectivity index (χ0v) is 42.5. The van der Waals surface area contributed by atoms with Gasteiger partial charge in [-0.25, -0.2) is 4.79 Å². The van der Waals surface area contributed by atoms with Crippen molar-refractivity contribution in [2.75, 3.05) is 27.9 Å². The lowest BCUT2D eigenvalue weighted by atomic mass is 9.72. The van der Waals surface area contributed by atoms with Crippen molar-refractivity contribution in [3.8, 4) is 0 Å². The number of hydrogen-bond acceptors (Lipinski definition) is 11. The molecule has 1 aliphatic carbocycles. The van der Waals surface area contributed by atoms with Crippen LogP contribution in [-0.4, -0.2) is 115 Å². The summed E-state index contributed by atoms with van der Waals surface area (Å²) >= 11 is 0. The zero-order chi connectivity index (χ0) is 48.9. The Morgan fingerprint density at radius 3 is 2.20 bits per heavy atom. The van der Waals surface area contributed by atoms with Crippen LogP contribution < -0.4 is 0 Å². The number of nitrogens with zero attached hydrogens (tertiary/aromatic N) is 1. The number of methoxy groups -OCH3 is 3. The van der Waals surface area contributed by atoms with Crippen molar-refractivity contribution in [2.24, 2.45) is 47.3 Å². The zero-order valence-electron chi connectivity index (χ0n) is 42.5. The average Bonchev–Trinajstić information content (AvgIpc) is 3.29. The summed E-state index contributed by atoms with van der Waals surface area (Å²) in [5.74, 6) is -5.00. The van der Waals surface area contributed by atoms with E-state index in [1.165, 1.54) is 4.90 Å². The Hall–Kier alpha value is -3.00. The van der Waals surface area contributed by atoms with Gasteiger partial charge in [0.25, 0.3) is 11.7 Å². The number of fused-ring (bicyclic) bond motifs is 3. The molecule has 3 fully saturated rings. The smallest absolute Gasteiger partial charge is 0.329 e. The van der Waals surface area contributed by atoms with E-state index >= 15 is 0 Å². The van der Waals surface area contributed by atoms with Crippen LogP contribution in [0.1, 0.15) is 146 Å². The van der Waals surface area contributed by atoms with E-state index in [0.717, 1.165) is 31.3 Å². The number of ketones is 2. The van der Waals surface area contributed by atoms with Gasteiger partial charge in [-0.3, -0.25) is 14.4 Å². The number of ether oxygens (including phenoxy) is 5. The number of carbonyl (C=O) groups is 4. The number of cyclic esters (lactones) is 1. The Bertz CT molecular complexity index is 1720. The molecule has 4 rings (SSSR count). The van der Waals surface area contributed by atoms with Crippen LogP contribution in [0.15, 0.2) is 47.6 Å². The Morgan fingerprint density at radius 1 is 0.818 bits per heavy atom. The third kappa shape index (κ3) is 15.0. The predicted molar refractivity (Wildman–Crippen MR) is 257 cm³/mol. The topological polar surface area (TPSA) is 158 Å². The number of amides is 1. The SMILES string of the molecule is CO[C@H]1C[C@@H]2CC[C@@H](C)[C@@](O)(O2)C(=O)C(=O)N2CCCC[C@H]2C(=O)O[C@H]([C@H](C)C[C@@H]2CC[C@@H](C(C)C)[C@H](OC)C2)CC(=O)[C@H](C)/C=C(\C)[C@@H](O)[C@@H](OC)C[C@H](C)C[C@H](C)/C=C/C=CC=C1C. The molecular formula is C54H87NO11. The molecule has 15 atom stereocenters. The second-order valence-electron chi connectivity index (χ2n) is 21.1. The summed E-state index contributed by atoms with van der Waals surface area (Å²) in [6.45, 7) is 18.2. The first kappa shape index (κ1) is 55.6. The molecule has 0 radical (unpaired) electrons. The maximum atomic E-state index is 14.5. The second kappa shape index (κ2) is 26.1. The van der Waals surface area contributed by atoms with Gasteiger partial charge in [-0.15, -0.1) is 0 Å². The van der Waals surface area contributed by atoms with Gasteiger partial charge in [0.1, 0.15) is 24.0 Å². The average molecular weight is 926 g/mol. The largest absolute Gasteiger partial charge is 0.460 e. The van der Waals surface area contributed by atoms with Crippen LogP contribution in [0, 0.1) is 47.3 Å². The van der Waals surface area contributed by atoms with Gasteiger partial charge in [0.15, 0.2) is 0 Å². The molecule has 0 aromatic rings. The highest BCUT2D eigenvalue weighted by Gasteiger charge is 2.53. The van der Waals surface area contributed by atoms with Gasteiger partial charge in [-0.05, 0) is 131 Å². The lowest BCUT2D eigenvalue weighted by Crippen LogP contribution is -2.61. The van der Waals surface area contributed by atoms with Crippen molar-refractivity contribution in [1.82, 2.24) is 4.90 Å². The second-order valence-corrected chi connectivity index (χ2v) is 21.1. The van der Waals surface area contributed by atoms with Crippen molar-refractivity contribution in [3.05, 3.63) is 47.6 Å². The number of hydrogen-bond donors (Lipinski definition) is 2. The molecular weight excluding hydrogens is 839 g/mol. The lowest BCUT2D eigenvalue weighted by molar-refractivity contribution is -0.265. The summed E-state index contributed by atoms with van der Waals surface area (Å²) in [6, 6.07) is -1.08. The van der Waals surface area contributed by atoms with Crippen molar-refractivity contribution in [2.45, 2.75) is 194 Å². The van der Waals surface area contributed by atoms with Crippen molar-refractivity contribution < 1.29 is 53.1 Å². The molecule has 12 nitrogen and oxygen atoms in total.